The molecule has 90 valence electrons. The van der Waals surface area contributed by atoms with E-state index in [9.17, 15) is 9.18 Å². The van der Waals surface area contributed by atoms with E-state index in [0.29, 0.717) is 11.1 Å². The molecule has 2 aromatic rings. The number of rotatable bonds is 1. The number of fused-ring (bicyclic) bond motifs is 1. The summed E-state index contributed by atoms with van der Waals surface area (Å²) in [5.74, 6) is -0.364. The molecule has 2 rings (SSSR count). The number of aromatic nitrogens is 1. The predicted molar refractivity (Wildman–Crippen MR) is 68.1 cm³/mol. The molecule has 0 bridgehead atoms. The van der Waals surface area contributed by atoms with E-state index in [1.165, 1.54) is 6.07 Å². The van der Waals surface area contributed by atoms with E-state index in [1.807, 2.05) is 27.7 Å². The fourth-order valence-corrected chi connectivity index (χ4v) is 2.32. The van der Waals surface area contributed by atoms with E-state index in [2.05, 4.69) is 4.98 Å². The average Bonchev–Trinajstić information content (AvgIpc) is 2.22. The molecule has 0 aliphatic heterocycles. The van der Waals surface area contributed by atoms with Crippen LogP contribution in [-0.4, -0.2) is 4.98 Å². The fraction of sp³-hybridized carbons (Fsp3) is 0.357. The molecular formula is C14H16FNO. The first kappa shape index (κ1) is 11.8. The van der Waals surface area contributed by atoms with Gasteiger partial charge in [0.2, 0.25) is 0 Å². The summed E-state index contributed by atoms with van der Waals surface area (Å²) >= 11 is 0. The molecule has 0 aliphatic carbocycles. The molecule has 1 aromatic carbocycles. The summed E-state index contributed by atoms with van der Waals surface area (Å²) in [5.41, 5.74) is 2.80. The lowest BCUT2D eigenvalue weighted by Gasteiger charge is -2.12. The third-order valence-electron chi connectivity index (χ3n) is 3.13. The molecule has 0 spiro atoms. The van der Waals surface area contributed by atoms with Gasteiger partial charge in [0.15, 0.2) is 5.43 Å². The van der Waals surface area contributed by atoms with Gasteiger partial charge in [-0.1, -0.05) is 19.9 Å². The molecule has 0 atom stereocenters. The van der Waals surface area contributed by atoms with Crippen molar-refractivity contribution in [1.82, 2.24) is 4.98 Å². The van der Waals surface area contributed by atoms with Crippen molar-refractivity contribution in [3.63, 3.8) is 0 Å². The second-order valence-corrected chi connectivity index (χ2v) is 4.76. The van der Waals surface area contributed by atoms with Crippen LogP contribution in [0.5, 0.6) is 0 Å². The van der Waals surface area contributed by atoms with Gasteiger partial charge in [-0.25, -0.2) is 4.39 Å². The lowest BCUT2D eigenvalue weighted by Crippen LogP contribution is -2.16. The highest BCUT2D eigenvalue weighted by molar-refractivity contribution is 5.83. The fourth-order valence-electron chi connectivity index (χ4n) is 2.32. The normalized spacial score (nSPS) is 11.4. The summed E-state index contributed by atoms with van der Waals surface area (Å²) in [7, 11) is 0. The van der Waals surface area contributed by atoms with Crippen LogP contribution in [0.2, 0.25) is 0 Å². The van der Waals surface area contributed by atoms with Crippen LogP contribution in [0.15, 0.2) is 16.9 Å². The van der Waals surface area contributed by atoms with Crippen LogP contribution in [-0.2, 0) is 0 Å². The van der Waals surface area contributed by atoms with Crippen molar-refractivity contribution in [3.05, 3.63) is 45.0 Å². The Balaban J connectivity index is 3.03. The summed E-state index contributed by atoms with van der Waals surface area (Å²) < 4.78 is 13.8. The molecule has 0 unspecified atom stereocenters. The van der Waals surface area contributed by atoms with E-state index in [4.69, 9.17) is 0 Å². The maximum Gasteiger partial charge on any atom is 0.196 e. The van der Waals surface area contributed by atoms with Crippen molar-refractivity contribution in [1.29, 1.82) is 0 Å². The van der Waals surface area contributed by atoms with Crippen molar-refractivity contribution in [2.24, 2.45) is 0 Å². The minimum Gasteiger partial charge on any atom is -0.358 e. The second kappa shape index (κ2) is 3.99. The third-order valence-corrected chi connectivity index (χ3v) is 3.13. The quantitative estimate of drug-likeness (QED) is 0.804. The van der Waals surface area contributed by atoms with Crippen LogP contribution in [0.25, 0.3) is 10.9 Å². The molecule has 0 fully saturated rings. The standard InChI is InChI=1S/C14H16FNO/c1-7(2)11-9(4)16-13-8(3)5-6-10(15)12(13)14(11)17/h5-7H,1-4H3,(H,16,17). The summed E-state index contributed by atoms with van der Waals surface area (Å²) in [6.45, 7) is 7.61. The Morgan fingerprint density at radius 2 is 1.88 bits per heavy atom. The van der Waals surface area contributed by atoms with Crippen molar-refractivity contribution in [2.45, 2.75) is 33.6 Å². The van der Waals surface area contributed by atoms with Gasteiger partial charge < -0.3 is 4.98 Å². The Kier molecular flexibility index (Phi) is 2.77. The summed E-state index contributed by atoms with van der Waals surface area (Å²) in [5, 5.41) is 0.180. The molecule has 1 aromatic heterocycles. The van der Waals surface area contributed by atoms with Gasteiger partial charge in [-0.05, 0) is 31.4 Å². The van der Waals surface area contributed by atoms with E-state index >= 15 is 0 Å². The van der Waals surface area contributed by atoms with Gasteiger partial charge in [-0.15, -0.1) is 0 Å². The van der Waals surface area contributed by atoms with Crippen molar-refractivity contribution in [3.8, 4) is 0 Å². The summed E-state index contributed by atoms with van der Waals surface area (Å²) in [4.78, 5) is 15.5. The number of H-pyrrole nitrogens is 1. The largest absolute Gasteiger partial charge is 0.358 e. The van der Waals surface area contributed by atoms with Crippen molar-refractivity contribution < 1.29 is 4.39 Å². The number of halogens is 1. The topological polar surface area (TPSA) is 32.9 Å². The lowest BCUT2D eigenvalue weighted by molar-refractivity contribution is 0.638. The summed E-state index contributed by atoms with van der Waals surface area (Å²) in [6, 6.07) is 3.04. The van der Waals surface area contributed by atoms with Crippen LogP contribution in [0, 0.1) is 19.7 Å². The number of aryl methyl sites for hydroxylation is 2. The highest BCUT2D eigenvalue weighted by Gasteiger charge is 2.15. The maximum absolute atomic E-state index is 13.8. The Bertz CT molecular complexity index is 641. The highest BCUT2D eigenvalue weighted by atomic mass is 19.1. The number of nitrogens with one attached hydrogen (secondary N) is 1. The predicted octanol–water partition coefficient (Wildman–Crippen LogP) is 3.41. The zero-order valence-corrected chi connectivity index (χ0v) is 10.5. The van der Waals surface area contributed by atoms with Crippen LogP contribution in [0.1, 0.15) is 36.6 Å². The van der Waals surface area contributed by atoms with Crippen LogP contribution >= 0.6 is 0 Å². The van der Waals surface area contributed by atoms with Gasteiger partial charge >= 0.3 is 0 Å². The Labute approximate surface area is 99.5 Å². The molecule has 1 N–H and O–H groups in total. The molecule has 2 nitrogen and oxygen atoms in total. The van der Waals surface area contributed by atoms with Gasteiger partial charge in [0.25, 0.3) is 0 Å². The first-order valence-corrected chi connectivity index (χ1v) is 5.75. The zero-order valence-electron chi connectivity index (χ0n) is 10.5. The molecule has 1 heterocycles. The Morgan fingerprint density at radius 1 is 1.24 bits per heavy atom. The minimum absolute atomic E-state index is 0.0862. The Hall–Kier alpha value is -1.64. The third kappa shape index (κ3) is 1.75. The maximum atomic E-state index is 13.8. The number of pyridine rings is 1. The van der Waals surface area contributed by atoms with E-state index in [0.717, 1.165) is 11.3 Å². The molecule has 0 saturated carbocycles. The second-order valence-electron chi connectivity index (χ2n) is 4.76. The molecule has 3 heteroatoms. The van der Waals surface area contributed by atoms with E-state index in [1.54, 1.807) is 6.07 Å². The minimum atomic E-state index is -0.450. The van der Waals surface area contributed by atoms with Gasteiger partial charge in [-0.2, -0.15) is 0 Å². The number of hydrogen-bond acceptors (Lipinski definition) is 1. The first-order chi connectivity index (χ1) is 7.93. The molecule has 0 amide bonds. The van der Waals surface area contributed by atoms with Gasteiger partial charge in [0.05, 0.1) is 10.9 Å². The van der Waals surface area contributed by atoms with Crippen molar-refractivity contribution in [2.75, 3.05) is 0 Å². The Morgan fingerprint density at radius 3 is 2.47 bits per heavy atom. The monoisotopic (exact) mass is 233 g/mol. The lowest BCUT2D eigenvalue weighted by atomic mass is 9.98. The number of hydrogen-bond donors (Lipinski definition) is 1. The molecule has 0 radical (unpaired) electrons. The molecule has 17 heavy (non-hydrogen) atoms. The van der Waals surface area contributed by atoms with Gasteiger partial charge in [0.1, 0.15) is 5.82 Å². The van der Waals surface area contributed by atoms with Gasteiger partial charge in [-0.3, -0.25) is 4.79 Å². The smallest absolute Gasteiger partial charge is 0.196 e. The van der Waals surface area contributed by atoms with Crippen LogP contribution in [0.4, 0.5) is 4.39 Å². The molecule has 0 aliphatic rings. The highest BCUT2D eigenvalue weighted by Crippen LogP contribution is 2.21. The SMILES string of the molecule is Cc1[nH]c2c(C)ccc(F)c2c(=O)c1C(C)C. The molecule has 0 saturated heterocycles. The first-order valence-electron chi connectivity index (χ1n) is 5.75. The zero-order chi connectivity index (χ0) is 12.7. The average molecular weight is 233 g/mol. The van der Waals surface area contributed by atoms with E-state index < -0.39 is 5.82 Å². The number of benzene rings is 1. The van der Waals surface area contributed by atoms with Crippen molar-refractivity contribution >= 4 is 10.9 Å². The van der Waals surface area contributed by atoms with Crippen LogP contribution in [0.3, 0.4) is 0 Å². The molecular weight excluding hydrogens is 217 g/mol. The van der Waals surface area contributed by atoms with E-state index in [-0.39, 0.29) is 16.7 Å². The van der Waals surface area contributed by atoms with Crippen LogP contribution < -0.4 is 5.43 Å². The number of aromatic amines is 1. The summed E-state index contributed by atoms with van der Waals surface area (Å²) in [6.07, 6.45) is 0. The van der Waals surface area contributed by atoms with Gasteiger partial charge in [0, 0.05) is 11.3 Å².